The van der Waals surface area contributed by atoms with Crippen LogP contribution in [0.4, 0.5) is 10.1 Å². The molecular weight excluding hydrogens is 275 g/mol. The molecule has 1 atom stereocenters. The van der Waals surface area contributed by atoms with Crippen molar-refractivity contribution in [2.45, 2.75) is 12.5 Å². The van der Waals surface area contributed by atoms with E-state index in [1.807, 2.05) is 0 Å². The maximum Gasteiger partial charge on any atom is 0.269 e. The summed E-state index contributed by atoms with van der Waals surface area (Å²) in [4.78, 5) is 10.3. The molecule has 2 N–H and O–H groups in total. The Bertz CT molecular complexity index is 634. The van der Waals surface area contributed by atoms with Crippen LogP contribution in [0.3, 0.4) is 0 Å². The van der Waals surface area contributed by atoms with E-state index in [-0.39, 0.29) is 18.3 Å². The van der Waals surface area contributed by atoms with Crippen molar-refractivity contribution < 1.29 is 14.1 Å². The van der Waals surface area contributed by atoms with E-state index in [2.05, 4.69) is 0 Å². The zero-order valence-corrected chi connectivity index (χ0v) is 11.2. The zero-order valence-electron chi connectivity index (χ0n) is 11.2. The molecule has 2 aromatic rings. The van der Waals surface area contributed by atoms with Gasteiger partial charge in [-0.25, -0.2) is 4.39 Å². The third kappa shape index (κ3) is 4.25. The van der Waals surface area contributed by atoms with E-state index in [0.29, 0.717) is 12.2 Å². The highest BCUT2D eigenvalue weighted by Crippen LogP contribution is 2.18. The van der Waals surface area contributed by atoms with Gasteiger partial charge in [0.25, 0.3) is 5.69 Å². The van der Waals surface area contributed by atoms with Crippen LogP contribution in [0.2, 0.25) is 0 Å². The molecular formula is C15H15FN2O3. The lowest BCUT2D eigenvalue weighted by Crippen LogP contribution is -2.29. The number of hydrogen-bond acceptors (Lipinski definition) is 4. The van der Waals surface area contributed by atoms with Gasteiger partial charge in [0.2, 0.25) is 0 Å². The van der Waals surface area contributed by atoms with E-state index < -0.39 is 10.7 Å². The first-order valence-electron chi connectivity index (χ1n) is 6.44. The van der Waals surface area contributed by atoms with Crippen molar-refractivity contribution in [3.05, 3.63) is 70.0 Å². The Hall–Kier alpha value is -2.47. The minimum atomic E-state index is -0.450. The normalized spacial score (nSPS) is 11.9. The quantitative estimate of drug-likeness (QED) is 0.655. The number of benzene rings is 2. The molecule has 0 heterocycles. The summed E-state index contributed by atoms with van der Waals surface area (Å²) in [7, 11) is 0. The number of nitrogens with two attached hydrogens (primary N) is 1. The second-order valence-corrected chi connectivity index (χ2v) is 4.56. The van der Waals surface area contributed by atoms with Crippen molar-refractivity contribution in [3.8, 4) is 5.75 Å². The SMILES string of the molecule is NCC(Cc1cccc([N+](=O)[O-])c1)Oc1cccc(F)c1. The van der Waals surface area contributed by atoms with Crippen molar-refractivity contribution in [3.63, 3.8) is 0 Å². The Morgan fingerprint density at radius 1 is 1.24 bits per heavy atom. The summed E-state index contributed by atoms with van der Waals surface area (Å²) in [5, 5.41) is 10.7. The van der Waals surface area contributed by atoms with Crippen LogP contribution < -0.4 is 10.5 Å². The second-order valence-electron chi connectivity index (χ2n) is 4.56. The van der Waals surface area contributed by atoms with Gasteiger partial charge in [0.1, 0.15) is 17.7 Å². The third-order valence-corrected chi connectivity index (χ3v) is 2.95. The highest BCUT2D eigenvalue weighted by molar-refractivity contribution is 5.34. The number of non-ortho nitro benzene ring substituents is 1. The smallest absolute Gasteiger partial charge is 0.269 e. The number of nitrogens with zero attached hydrogens (tertiary/aromatic N) is 1. The summed E-state index contributed by atoms with van der Waals surface area (Å²) in [5.41, 5.74) is 6.42. The maximum absolute atomic E-state index is 13.1. The average molecular weight is 290 g/mol. The predicted molar refractivity (Wildman–Crippen MR) is 76.7 cm³/mol. The van der Waals surface area contributed by atoms with Crippen molar-refractivity contribution in [1.29, 1.82) is 0 Å². The van der Waals surface area contributed by atoms with Crippen LogP contribution in [-0.2, 0) is 6.42 Å². The topological polar surface area (TPSA) is 78.4 Å². The standard InChI is InChI=1S/C15H15FN2O3/c16-12-4-2-6-14(9-12)21-15(10-17)8-11-3-1-5-13(7-11)18(19)20/h1-7,9,15H,8,10,17H2. The van der Waals surface area contributed by atoms with Gasteiger partial charge in [-0.1, -0.05) is 18.2 Å². The number of halogens is 1. The molecule has 0 bridgehead atoms. The molecule has 110 valence electrons. The maximum atomic E-state index is 13.1. The Kier molecular flexibility index (Phi) is 4.84. The molecule has 2 aromatic carbocycles. The third-order valence-electron chi connectivity index (χ3n) is 2.95. The van der Waals surface area contributed by atoms with E-state index in [1.54, 1.807) is 24.3 Å². The van der Waals surface area contributed by atoms with Gasteiger partial charge in [-0.3, -0.25) is 10.1 Å². The van der Waals surface area contributed by atoms with E-state index in [9.17, 15) is 14.5 Å². The van der Waals surface area contributed by atoms with E-state index >= 15 is 0 Å². The minimum absolute atomic E-state index is 0.0222. The molecule has 0 radical (unpaired) electrons. The first kappa shape index (κ1) is 14.9. The fourth-order valence-corrected chi connectivity index (χ4v) is 1.97. The van der Waals surface area contributed by atoms with Crippen LogP contribution in [0, 0.1) is 15.9 Å². The van der Waals surface area contributed by atoms with Crippen LogP contribution >= 0.6 is 0 Å². The molecule has 0 saturated heterocycles. The number of hydrogen-bond donors (Lipinski definition) is 1. The van der Waals surface area contributed by atoms with E-state index in [1.165, 1.54) is 24.3 Å². The molecule has 0 amide bonds. The van der Waals surface area contributed by atoms with Gasteiger partial charge in [0.05, 0.1) is 4.92 Å². The van der Waals surface area contributed by atoms with Crippen molar-refractivity contribution >= 4 is 5.69 Å². The summed E-state index contributed by atoms with van der Waals surface area (Å²) < 4.78 is 18.7. The first-order chi connectivity index (χ1) is 10.1. The van der Waals surface area contributed by atoms with Crippen LogP contribution in [0.15, 0.2) is 48.5 Å². The zero-order chi connectivity index (χ0) is 15.2. The number of rotatable bonds is 6. The molecule has 0 aliphatic carbocycles. The van der Waals surface area contributed by atoms with Crippen LogP contribution in [0.5, 0.6) is 5.75 Å². The van der Waals surface area contributed by atoms with Gasteiger partial charge in [-0.15, -0.1) is 0 Å². The molecule has 0 saturated carbocycles. The van der Waals surface area contributed by atoms with Crippen LogP contribution in [0.1, 0.15) is 5.56 Å². The van der Waals surface area contributed by atoms with Crippen LogP contribution in [-0.4, -0.2) is 17.6 Å². The lowest BCUT2D eigenvalue weighted by molar-refractivity contribution is -0.384. The van der Waals surface area contributed by atoms with E-state index in [4.69, 9.17) is 10.5 Å². The van der Waals surface area contributed by atoms with E-state index in [0.717, 1.165) is 5.56 Å². The Morgan fingerprint density at radius 3 is 2.67 bits per heavy atom. The van der Waals surface area contributed by atoms with Crippen molar-refractivity contribution in [1.82, 2.24) is 0 Å². The number of nitro groups is 1. The summed E-state index contributed by atoms with van der Waals surface area (Å²) in [6, 6.07) is 12.1. The number of nitro benzene ring substituents is 1. The molecule has 5 nitrogen and oxygen atoms in total. The van der Waals surface area contributed by atoms with Gasteiger partial charge in [0.15, 0.2) is 0 Å². The fraction of sp³-hybridized carbons (Fsp3) is 0.200. The molecule has 0 fully saturated rings. The highest BCUT2D eigenvalue weighted by atomic mass is 19.1. The second kappa shape index (κ2) is 6.81. The first-order valence-corrected chi connectivity index (χ1v) is 6.44. The highest BCUT2D eigenvalue weighted by Gasteiger charge is 2.13. The minimum Gasteiger partial charge on any atom is -0.489 e. The van der Waals surface area contributed by atoms with Gasteiger partial charge in [-0.05, 0) is 17.7 Å². The predicted octanol–water partition coefficient (Wildman–Crippen LogP) is 2.68. The summed E-state index contributed by atoms with van der Waals surface area (Å²) >= 11 is 0. The molecule has 2 rings (SSSR count). The Morgan fingerprint density at radius 2 is 2.00 bits per heavy atom. The molecule has 6 heteroatoms. The Labute approximate surface area is 121 Å². The van der Waals surface area contributed by atoms with Crippen molar-refractivity contribution in [2.24, 2.45) is 5.73 Å². The van der Waals surface area contributed by atoms with Gasteiger partial charge >= 0.3 is 0 Å². The monoisotopic (exact) mass is 290 g/mol. The molecule has 0 aromatic heterocycles. The lowest BCUT2D eigenvalue weighted by Gasteiger charge is -2.17. The Balaban J connectivity index is 2.08. The summed E-state index contributed by atoms with van der Waals surface area (Å²) in [5.74, 6) is -0.00509. The van der Waals surface area contributed by atoms with Crippen LogP contribution in [0.25, 0.3) is 0 Å². The molecule has 0 aliphatic heterocycles. The molecule has 21 heavy (non-hydrogen) atoms. The molecule has 0 aliphatic rings. The summed E-state index contributed by atoms with van der Waals surface area (Å²) in [6.07, 6.45) is 0.0307. The summed E-state index contributed by atoms with van der Waals surface area (Å²) in [6.45, 7) is 0.221. The average Bonchev–Trinajstić information content (AvgIpc) is 2.47. The fourth-order valence-electron chi connectivity index (χ4n) is 1.97. The van der Waals surface area contributed by atoms with Crippen molar-refractivity contribution in [2.75, 3.05) is 6.54 Å². The van der Waals surface area contributed by atoms with Gasteiger partial charge < -0.3 is 10.5 Å². The largest absolute Gasteiger partial charge is 0.489 e. The lowest BCUT2D eigenvalue weighted by atomic mass is 10.1. The van der Waals surface area contributed by atoms with Gasteiger partial charge in [0, 0.05) is 31.2 Å². The number of ether oxygens (including phenoxy) is 1. The molecule has 1 unspecified atom stereocenters. The molecule has 0 spiro atoms. The van der Waals surface area contributed by atoms with Gasteiger partial charge in [-0.2, -0.15) is 0 Å².